The highest BCUT2D eigenvalue weighted by Gasteiger charge is 2.44. The molecule has 1 heterocycles. The van der Waals surface area contributed by atoms with Gasteiger partial charge in [0.1, 0.15) is 17.2 Å². The predicted octanol–water partition coefficient (Wildman–Crippen LogP) is 4.62. The van der Waals surface area contributed by atoms with Crippen LogP contribution in [0.4, 0.5) is 4.39 Å². The van der Waals surface area contributed by atoms with E-state index in [2.05, 4.69) is 13.8 Å². The van der Waals surface area contributed by atoms with Crippen LogP contribution in [-0.4, -0.2) is 10.7 Å². The number of aliphatic hydroxyl groups excluding tert-OH is 1. The third-order valence-corrected chi connectivity index (χ3v) is 4.94. The second-order valence-electron chi connectivity index (χ2n) is 7.28. The average molecular weight is 292 g/mol. The summed E-state index contributed by atoms with van der Waals surface area (Å²) in [5.74, 6) is 1.58. The third-order valence-electron chi connectivity index (χ3n) is 4.94. The number of aliphatic hydroxyl groups is 1. The monoisotopic (exact) mass is 292 g/mol. The molecule has 1 N–H and O–H groups in total. The van der Waals surface area contributed by atoms with Crippen LogP contribution in [0.2, 0.25) is 0 Å². The van der Waals surface area contributed by atoms with Crippen LogP contribution in [0.1, 0.15) is 64.0 Å². The maximum Gasteiger partial charge on any atom is 0.128 e. The van der Waals surface area contributed by atoms with Crippen molar-refractivity contribution in [2.45, 2.75) is 64.1 Å². The number of hydrogen-bond donors (Lipinski definition) is 1. The zero-order valence-electron chi connectivity index (χ0n) is 12.9. The molecule has 0 radical (unpaired) electrons. The van der Waals surface area contributed by atoms with E-state index in [0.717, 1.165) is 24.8 Å². The Labute approximate surface area is 126 Å². The first-order valence-corrected chi connectivity index (χ1v) is 8.14. The van der Waals surface area contributed by atoms with E-state index in [1.807, 2.05) is 0 Å². The number of benzene rings is 1. The standard InChI is InChI=1S/C18H25FO2/c1-12(2)8-13-4-3-7-18(10-13)11-16(20)15-6-5-14(19)9-17(15)21-18/h5-6,9,12-13,16,20H,3-4,7-8,10-11H2,1-2H3/t13?,16-,18?/m0/s1. The maximum absolute atomic E-state index is 13.5. The Morgan fingerprint density at radius 1 is 1.38 bits per heavy atom. The van der Waals surface area contributed by atoms with Gasteiger partial charge in [0, 0.05) is 18.1 Å². The minimum absolute atomic E-state index is 0.294. The fraction of sp³-hybridized carbons (Fsp3) is 0.667. The van der Waals surface area contributed by atoms with Gasteiger partial charge < -0.3 is 9.84 Å². The van der Waals surface area contributed by atoms with Crippen LogP contribution in [0.5, 0.6) is 5.75 Å². The topological polar surface area (TPSA) is 29.5 Å². The second-order valence-corrected chi connectivity index (χ2v) is 7.28. The highest BCUT2D eigenvalue weighted by molar-refractivity contribution is 5.38. The van der Waals surface area contributed by atoms with Crippen molar-refractivity contribution < 1.29 is 14.2 Å². The molecule has 0 saturated heterocycles. The third kappa shape index (κ3) is 3.08. The van der Waals surface area contributed by atoms with Crippen molar-refractivity contribution >= 4 is 0 Å². The number of rotatable bonds is 2. The smallest absolute Gasteiger partial charge is 0.128 e. The minimum Gasteiger partial charge on any atom is -0.487 e. The van der Waals surface area contributed by atoms with E-state index >= 15 is 0 Å². The van der Waals surface area contributed by atoms with E-state index in [9.17, 15) is 9.50 Å². The Morgan fingerprint density at radius 3 is 2.95 bits per heavy atom. The first-order chi connectivity index (χ1) is 9.97. The largest absolute Gasteiger partial charge is 0.487 e. The molecule has 116 valence electrons. The number of halogens is 1. The molecule has 3 atom stereocenters. The summed E-state index contributed by atoms with van der Waals surface area (Å²) in [6, 6.07) is 4.47. The Hall–Kier alpha value is -1.09. The molecule has 1 aromatic rings. The number of fused-ring (bicyclic) bond motifs is 1. The molecule has 2 unspecified atom stereocenters. The molecule has 2 aliphatic rings. The van der Waals surface area contributed by atoms with Gasteiger partial charge in [0.25, 0.3) is 0 Å². The summed E-state index contributed by atoms with van der Waals surface area (Å²) in [6.45, 7) is 4.51. The van der Waals surface area contributed by atoms with Crippen LogP contribution in [0.3, 0.4) is 0 Å². The zero-order chi connectivity index (χ0) is 15.0. The Kier molecular flexibility index (Phi) is 3.96. The van der Waals surface area contributed by atoms with Crippen molar-refractivity contribution in [1.29, 1.82) is 0 Å². The summed E-state index contributed by atoms with van der Waals surface area (Å²) in [5.41, 5.74) is 0.436. The van der Waals surface area contributed by atoms with Gasteiger partial charge in [-0.05, 0) is 49.7 Å². The van der Waals surface area contributed by atoms with Crippen LogP contribution < -0.4 is 4.74 Å². The molecule has 0 amide bonds. The fourth-order valence-corrected chi connectivity index (χ4v) is 4.20. The molecule has 3 heteroatoms. The first-order valence-electron chi connectivity index (χ1n) is 8.14. The molecular weight excluding hydrogens is 267 g/mol. The Morgan fingerprint density at radius 2 is 2.19 bits per heavy atom. The quantitative estimate of drug-likeness (QED) is 0.862. The predicted molar refractivity (Wildman–Crippen MR) is 80.7 cm³/mol. The average Bonchev–Trinajstić information content (AvgIpc) is 2.37. The van der Waals surface area contributed by atoms with Crippen molar-refractivity contribution in [2.75, 3.05) is 0 Å². The van der Waals surface area contributed by atoms with Crippen LogP contribution in [0, 0.1) is 17.7 Å². The van der Waals surface area contributed by atoms with E-state index in [1.54, 1.807) is 6.07 Å². The molecule has 1 aliphatic carbocycles. The molecule has 0 aromatic heterocycles. The molecule has 2 nitrogen and oxygen atoms in total. The molecule has 0 bridgehead atoms. The molecular formula is C18H25FO2. The molecule has 3 rings (SSSR count). The lowest BCUT2D eigenvalue weighted by molar-refractivity contribution is -0.0540. The van der Waals surface area contributed by atoms with Gasteiger partial charge in [-0.3, -0.25) is 0 Å². The minimum atomic E-state index is -0.535. The first kappa shape index (κ1) is 14.8. The van der Waals surface area contributed by atoms with Gasteiger partial charge in [-0.1, -0.05) is 20.3 Å². The van der Waals surface area contributed by atoms with E-state index in [-0.39, 0.29) is 11.4 Å². The Bertz CT molecular complexity index is 514. The summed E-state index contributed by atoms with van der Waals surface area (Å²) in [5, 5.41) is 10.4. The second kappa shape index (κ2) is 5.60. The zero-order valence-corrected chi connectivity index (χ0v) is 12.9. The van der Waals surface area contributed by atoms with Crippen molar-refractivity contribution in [3.63, 3.8) is 0 Å². The summed E-state index contributed by atoms with van der Waals surface area (Å²) >= 11 is 0. The summed E-state index contributed by atoms with van der Waals surface area (Å²) < 4.78 is 19.7. The molecule has 1 spiro atoms. The highest BCUT2D eigenvalue weighted by Crippen LogP contribution is 2.48. The molecule has 1 saturated carbocycles. The number of ether oxygens (including phenoxy) is 1. The molecule has 1 aromatic carbocycles. The van der Waals surface area contributed by atoms with E-state index in [4.69, 9.17) is 4.74 Å². The lowest BCUT2D eigenvalue weighted by atomic mass is 9.71. The van der Waals surface area contributed by atoms with Gasteiger partial charge in [0.05, 0.1) is 6.10 Å². The highest BCUT2D eigenvalue weighted by atomic mass is 19.1. The van der Waals surface area contributed by atoms with Gasteiger partial charge in [-0.2, -0.15) is 0 Å². The van der Waals surface area contributed by atoms with Gasteiger partial charge in [0.2, 0.25) is 0 Å². The normalized spacial score (nSPS) is 32.0. The van der Waals surface area contributed by atoms with E-state index in [0.29, 0.717) is 24.0 Å². The molecule has 21 heavy (non-hydrogen) atoms. The fourth-order valence-electron chi connectivity index (χ4n) is 4.20. The van der Waals surface area contributed by atoms with Crippen molar-refractivity contribution in [3.05, 3.63) is 29.6 Å². The van der Waals surface area contributed by atoms with Crippen LogP contribution >= 0.6 is 0 Å². The SMILES string of the molecule is CC(C)CC1CCCC2(C1)C[C@H](O)c1ccc(F)cc1O2. The van der Waals surface area contributed by atoms with Crippen LogP contribution in [0.15, 0.2) is 18.2 Å². The summed E-state index contributed by atoms with van der Waals surface area (Å²) in [7, 11) is 0. The maximum atomic E-state index is 13.5. The van der Waals surface area contributed by atoms with Crippen LogP contribution in [0.25, 0.3) is 0 Å². The number of hydrogen-bond acceptors (Lipinski definition) is 2. The lowest BCUT2D eigenvalue weighted by Gasteiger charge is -2.46. The van der Waals surface area contributed by atoms with Crippen molar-refractivity contribution in [3.8, 4) is 5.75 Å². The van der Waals surface area contributed by atoms with Gasteiger partial charge >= 0.3 is 0 Å². The summed E-state index contributed by atoms with van der Waals surface area (Å²) in [4.78, 5) is 0. The van der Waals surface area contributed by atoms with Crippen molar-refractivity contribution in [1.82, 2.24) is 0 Å². The molecule has 1 fully saturated rings. The van der Waals surface area contributed by atoms with Crippen LogP contribution in [-0.2, 0) is 0 Å². The summed E-state index contributed by atoms with van der Waals surface area (Å²) in [6.07, 6.45) is 5.64. The van der Waals surface area contributed by atoms with E-state index < -0.39 is 6.10 Å². The Balaban J connectivity index is 1.83. The van der Waals surface area contributed by atoms with Gasteiger partial charge in [0.15, 0.2) is 0 Å². The van der Waals surface area contributed by atoms with Gasteiger partial charge in [-0.25, -0.2) is 4.39 Å². The van der Waals surface area contributed by atoms with Gasteiger partial charge in [-0.15, -0.1) is 0 Å². The molecule has 1 aliphatic heterocycles. The van der Waals surface area contributed by atoms with Crippen molar-refractivity contribution in [2.24, 2.45) is 11.8 Å². The van der Waals surface area contributed by atoms with E-state index in [1.165, 1.54) is 25.0 Å². The lowest BCUT2D eigenvalue weighted by Crippen LogP contribution is -2.45.